The molecule has 0 radical (unpaired) electrons. The van der Waals surface area contributed by atoms with Crippen LogP contribution >= 0.6 is 0 Å². The molecule has 0 aliphatic carbocycles. The van der Waals surface area contributed by atoms with Crippen LogP contribution in [0.25, 0.3) is 0 Å². The summed E-state index contributed by atoms with van der Waals surface area (Å²) in [5.41, 5.74) is 0. The Hall–Kier alpha value is -1.92. The highest BCUT2D eigenvalue weighted by Crippen LogP contribution is 2.18. The highest BCUT2D eigenvalue weighted by atomic mass is 16.5. The molecule has 6 heteroatoms. The Morgan fingerprint density at radius 3 is 1.18 bits per heavy atom. The predicted octanol–water partition coefficient (Wildman–Crippen LogP) is 17.6. The van der Waals surface area contributed by atoms with Crippen LogP contribution in [0.15, 0.2) is 36.5 Å². The smallest absolute Gasteiger partial charge is 0.306 e. The molecule has 0 spiro atoms. The van der Waals surface area contributed by atoms with Gasteiger partial charge in [0.1, 0.15) is 6.10 Å². The average molecular weight is 915 g/mol. The number of nitrogens with one attached hydrogen (secondary N) is 1. The number of amides is 1. The van der Waals surface area contributed by atoms with Crippen molar-refractivity contribution in [2.75, 3.05) is 6.61 Å². The molecule has 0 aromatic carbocycles. The van der Waals surface area contributed by atoms with Crippen molar-refractivity contribution >= 4 is 11.9 Å². The van der Waals surface area contributed by atoms with E-state index in [-0.39, 0.29) is 24.9 Å². The molecule has 0 bridgehead atoms. The molecule has 6 nitrogen and oxygen atoms in total. The van der Waals surface area contributed by atoms with E-state index in [2.05, 4.69) is 62.5 Å². The van der Waals surface area contributed by atoms with E-state index >= 15 is 0 Å². The molecule has 0 aromatic heterocycles. The van der Waals surface area contributed by atoms with E-state index in [9.17, 15) is 19.8 Å². The van der Waals surface area contributed by atoms with Crippen molar-refractivity contribution in [3.05, 3.63) is 36.5 Å². The highest BCUT2D eigenvalue weighted by molar-refractivity contribution is 5.77. The zero-order valence-corrected chi connectivity index (χ0v) is 43.6. The summed E-state index contributed by atoms with van der Waals surface area (Å²) in [6.07, 6.45) is 63.6. The molecule has 1 amide bonds. The third-order valence-electron chi connectivity index (χ3n) is 13.2. The molecule has 65 heavy (non-hydrogen) atoms. The Morgan fingerprint density at radius 2 is 0.785 bits per heavy atom. The first-order valence-electron chi connectivity index (χ1n) is 28.7. The van der Waals surface area contributed by atoms with Gasteiger partial charge in [-0.15, -0.1) is 0 Å². The fraction of sp³-hybridized carbons (Fsp3) is 0.864. The third-order valence-corrected chi connectivity index (χ3v) is 13.2. The number of carbonyl (C=O) groups is 2. The van der Waals surface area contributed by atoms with Crippen molar-refractivity contribution in [1.29, 1.82) is 0 Å². The zero-order valence-electron chi connectivity index (χ0n) is 43.6. The van der Waals surface area contributed by atoms with Crippen molar-refractivity contribution < 1.29 is 24.5 Å². The van der Waals surface area contributed by atoms with E-state index in [1.54, 1.807) is 0 Å². The van der Waals surface area contributed by atoms with Gasteiger partial charge in [-0.05, 0) is 70.6 Å². The number of rotatable bonds is 52. The molecule has 3 atom stereocenters. The van der Waals surface area contributed by atoms with E-state index in [4.69, 9.17) is 4.74 Å². The number of esters is 1. The van der Waals surface area contributed by atoms with Crippen LogP contribution in [0.2, 0.25) is 0 Å². The van der Waals surface area contributed by atoms with Gasteiger partial charge in [-0.3, -0.25) is 9.59 Å². The number of hydrogen-bond donors (Lipinski definition) is 3. The van der Waals surface area contributed by atoms with Gasteiger partial charge in [0, 0.05) is 6.42 Å². The fourth-order valence-corrected chi connectivity index (χ4v) is 8.83. The van der Waals surface area contributed by atoms with Gasteiger partial charge in [-0.1, -0.05) is 256 Å². The minimum Gasteiger partial charge on any atom is -0.462 e. The van der Waals surface area contributed by atoms with Crippen molar-refractivity contribution in [2.45, 2.75) is 322 Å². The van der Waals surface area contributed by atoms with Crippen LogP contribution in [0.4, 0.5) is 0 Å². The van der Waals surface area contributed by atoms with Crippen LogP contribution in [-0.4, -0.2) is 46.9 Å². The van der Waals surface area contributed by atoms with Crippen LogP contribution in [0.3, 0.4) is 0 Å². The molecule has 0 saturated heterocycles. The summed E-state index contributed by atoms with van der Waals surface area (Å²) in [6, 6.07) is -0.712. The highest BCUT2D eigenvalue weighted by Gasteiger charge is 2.24. The minimum absolute atomic E-state index is 0.0552. The van der Waals surface area contributed by atoms with Crippen molar-refractivity contribution in [3.63, 3.8) is 0 Å². The Balaban J connectivity index is 4.58. The number of aliphatic hydroxyl groups is 2. The van der Waals surface area contributed by atoms with Gasteiger partial charge in [0.2, 0.25) is 5.91 Å². The summed E-state index contributed by atoms with van der Waals surface area (Å²) in [5, 5.41) is 23.9. The van der Waals surface area contributed by atoms with Crippen LogP contribution < -0.4 is 5.32 Å². The maximum atomic E-state index is 13.3. The van der Waals surface area contributed by atoms with Gasteiger partial charge in [0.25, 0.3) is 0 Å². The second kappa shape index (κ2) is 53.0. The second-order valence-corrected chi connectivity index (χ2v) is 19.7. The second-order valence-electron chi connectivity index (χ2n) is 19.7. The summed E-state index contributed by atoms with van der Waals surface area (Å²) < 4.78 is 5.92. The zero-order chi connectivity index (χ0) is 47.4. The molecule has 0 aromatic rings. The van der Waals surface area contributed by atoms with E-state index < -0.39 is 18.2 Å². The Morgan fingerprint density at radius 1 is 0.446 bits per heavy atom. The molecule has 382 valence electrons. The van der Waals surface area contributed by atoms with Crippen LogP contribution in [-0.2, 0) is 14.3 Å². The number of hydrogen-bond acceptors (Lipinski definition) is 5. The minimum atomic E-state index is -0.796. The molecule has 3 unspecified atom stereocenters. The number of ether oxygens (including phenoxy) is 1. The molecule has 0 rings (SSSR count). The van der Waals surface area contributed by atoms with E-state index in [1.165, 1.54) is 199 Å². The molecular formula is C59H111NO5. The van der Waals surface area contributed by atoms with Gasteiger partial charge >= 0.3 is 5.97 Å². The van der Waals surface area contributed by atoms with E-state index in [1.807, 2.05) is 0 Å². The molecule has 0 saturated carbocycles. The lowest BCUT2D eigenvalue weighted by Gasteiger charge is -2.24. The lowest BCUT2D eigenvalue weighted by atomic mass is 10.0. The first-order valence-corrected chi connectivity index (χ1v) is 28.7. The fourth-order valence-electron chi connectivity index (χ4n) is 8.83. The van der Waals surface area contributed by atoms with Crippen LogP contribution in [0, 0.1) is 0 Å². The third kappa shape index (κ3) is 48.3. The number of allylic oxidation sites excluding steroid dienone is 6. The van der Waals surface area contributed by atoms with Crippen LogP contribution in [0.5, 0.6) is 0 Å². The van der Waals surface area contributed by atoms with Gasteiger partial charge in [-0.2, -0.15) is 0 Å². The Kier molecular flexibility index (Phi) is 51.5. The number of unbranched alkanes of at least 4 members (excludes halogenated alkanes) is 34. The molecule has 0 aliphatic heterocycles. The molecule has 0 aliphatic rings. The maximum Gasteiger partial charge on any atom is 0.306 e. The predicted molar refractivity (Wildman–Crippen MR) is 282 cm³/mol. The quantitative estimate of drug-likeness (QED) is 0.0321. The van der Waals surface area contributed by atoms with Gasteiger partial charge < -0.3 is 20.3 Å². The maximum absolute atomic E-state index is 13.3. The lowest BCUT2D eigenvalue weighted by molar-refractivity contribution is -0.150. The van der Waals surface area contributed by atoms with Crippen molar-refractivity contribution in [3.8, 4) is 0 Å². The normalized spacial score (nSPS) is 13.4. The number of aliphatic hydroxyl groups excluding tert-OH is 2. The largest absolute Gasteiger partial charge is 0.462 e. The molecule has 0 heterocycles. The van der Waals surface area contributed by atoms with Crippen molar-refractivity contribution in [1.82, 2.24) is 5.32 Å². The first-order chi connectivity index (χ1) is 32.0. The topological polar surface area (TPSA) is 95.9 Å². The Bertz CT molecular complexity index is 1070. The monoisotopic (exact) mass is 914 g/mol. The van der Waals surface area contributed by atoms with Gasteiger partial charge in [0.15, 0.2) is 0 Å². The summed E-state index contributed by atoms with van der Waals surface area (Å²) >= 11 is 0. The summed E-state index contributed by atoms with van der Waals surface area (Å²) in [7, 11) is 0. The first kappa shape index (κ1) is 63.1. The summed E-state index contributed by atoms with van der Waals surface area (Å²) in [6.45, 7) is 6.49. The van der Waals surface area contributed by atoms with Crippen molar-refractivity contribution in [2.24, 2.45) is 0 Å². The molecular weight excluding hydrogens is 803 g/mol. The van der Waals surface area contributed by atoms with E-state index in [0.29, 0.717) is 25.7 Å². The number of carbonyl (C=O) groups excluding carboxylic acids is 2. The van der Waals surface area contributed by atoms with Gasteiger partial charge in [-0.25, -0.2) is 0 Å². The SMILES string of the molecule is CCCCCCCC/C=C\C/C=C/CCC(=O)OC(CCCCCCCCC/C=C/CCCCCCCC)CC(=O)NC(CO)C(O)CCCCCCCCCCCCCCCCCC. The summed E-state index contributed by atoms with van der Waals surface area (Å²) in [4.78, 5) is 26.2. The van der Waals surface area contributed by atoms with Gasteiger partial charge in [0.05, 0.1) is 25.2 Å². The summed E-state index contributed by atoms with van der Waals surface area (Å²) in [5.74, 6) is -0.545. The van der Waals surface area contributed by atoms with E-state index in [0.717, 1.165) is 51.4 Å². The molecule has 3 N–H and O–H groups in total. The van der Waals surface area contributed by atoms with Crippen LogP contribution in [0.1, 0.15) is 303 Å². The standard InChI is InChI=1S/C59H111NO5/c1-4-7-10-13-16-19-22-25-27-29-30-33-35-38-41-44-47-50-55(65-59(64)52-49-46-43-40-37-32-24-21-18-15-12-9-6-3)53-58(63)60-56(54-61)57(62)51-48-45-42-39-36-34-31-28-26-23-20-17-14-11-8-5-2/h25,27,32,37,43,46,55-57,61-62H,4-24,26,28-31,33-36,38-42,44-45,47-54H2,1-3H3,(H,60,63)/b27-25+,37-32-,46-43+. The Labute approximate surface area is 404 Å². The molecule has 0 fully saturated rings. The average Bonchev–Trinajstić information content (AvgIpc) is 3.30. The lowest BCUT2D eigenvalue weighted by Crippen LogP contribution is -2.46.